The summed E-state index contributed by atoms with van der Waals surface area (Å²) < 4.78 is 85.0. The molecule has 0 amide bonds. The van der Waals surface area contributed by atoms with Crippen molar-refractivity contribution in [2.75, 3.05) is 6.54 Å². The van der Waals surface area contributed by atoms with E-state index in [1.54, 1.807) is 35.3 Å². The predicted octanol–water partition coefficient (Wildman–Crippen LogP) is 5.03. The van der Waals surface area contributed by atoms with Gasteiger partial charge in [0, 0.05) is 19.3 Å². The molecule has 7 rings (SSSR count). The summed E-state index contributed by atoms with van der Waals surface area (Å²) in [6, 6.07) is 8.07. The summed E-state index contributed by atoms with van der Waals surface area (Å²) in [5, 5.41) is 11.4. The number of halogens is 4. The van der Waals surface area contributed by atoms with Gasteiger partial charge in [-0.2, -0.15) is 32.5 Å². The molecule has 2 atom stereocenters. The zero-order chi connectivity index (χ0) is 32.4. The van der Waals surface area contributed by atoms with Crippen LogP contribution in [-0.2, 0) is 23.5 Å². The topological polar surface area (TPSA) is 116 Å². The molecule has 0 saturated heterocycles. The first-order valence-electron chi connectivity index (χ1n) is 14.8. The van der Waals surface area contributed by atoms with E-state index in [2.05, 4.69) is 20.3 Å². The van der Waals surface area contributed by atoms with Crippen molar-refractivity contribution in [3.05, 3.63) is 88.9 Å². The maximum absolute atomic E-state index is 14.6. The highest BCUT2D eigenvalue weighted by Gasteiger charge is 2.53. The lowest BCUT2D eigenvalue weighted by Crippen LogP contribution is -2.52. The minimum absolute atomic E-state index is 0.0322. The second-order valence-electron chi connectivity index (χ2n) is 12.2. The van der Waals surface area contributed by atoms with Gasteiger partial charge in [-0.05, 0) is 92.0 Å². The number of nitrogens with zero attached hydrogens (tertiary/aromatic N) is 7. The van der Waals surface area contributed by atoms with Crippen LogP contribution in [0.5, 0.6) is 0 Å². The quantitative estimate of drug-likeness (QED) is 0.193. The number of fused-ring (bicyclic) bond motifs is 2. The number of benzene rings is 1. The van der Waals surface area contributed by atoms with Crippen LogP contribution in [0, 0.1) is 11.2 Å². The molecular weight excluding hydrogens is 626 g/mol. The van der Waals surface area contributed by atoms with E-state index in [0.717, 1.165) is 29.4 Å². The lowest BCUT2D eigenvalue weighted by Gasteiger charge is -2.46. The van der Waals surface area contributed by atoms with Gasteiger partial charge in [-0.25, -0.2) is 17.5 Å². The number of aryl methyl sites for hydroxylation is 1. The highest BCUT2D eigenvalue weighted by Crippen LogP contribution is 2.52. The van der Waals surface area contributed by atoms with Gasteiger partial charge in [-0.1, -0.05) is 11.6 Å². The third kappa shape index (κ3) is 5.44. The average Bonchev–Trinajstić information content (AvgIpc) is 3.66. The Hall–Kier alpha value is -4.24. The van der Waals surface area contributed by atoms with E-state index in [4.69, 9.17) is 0 Å². The normalized spacial score (nSPS) is 21.5. The van der Waals surface area contributed by atoms with E-state index in [1.807, 2.05) is 12.1 Å². The van der Waals surface area contributed by atoms with E-state index in [0.29, 0.717) is 32.7 Å². The summed E-state index contributed by atoms with van der Waals surface area (Å²) in [6.07, 6.45) is 3.25. The largest absolute Gasteiger partial charge is 0.402 e. The first-order chi connectivity index (χ1) is 21.8. The van der Waals surface area contributed by atoms with Crippen molar-refractivity contribution in [1.29, 1.82) is 0 Å². The Morgan fingerprint density at radius 3 is 2.43 bits per heavy atom. The van der Waals surface area contributed by atoms with E-state index >= 15 is 0 Å². The standard InChI is InChI=1S/C31H29F4N7O3S/c1-40-37-17-28(39-40)46(44,45)41(18-31(33,34)35)25-8-5-22-12-27-21(16-38-42(27)24-9-6-23(32)7-10-24)13-30(22,14-25)29(43)26-11-4-20(15-36-26)19-2-3-19/h4,6-7,9-12,15-17,19,25H,2-3,5,8,13-14,18H2,1H3/t25-,30-/m0/s1. The molecular formula is C31H29F4N7O3S. The number of hydrogen-bond donors (Lipinski definition) is 0. The number of pyridine rings is 1. The van der Waals surface area contributed by atoms with Gasteiger partial charge >= 0.3 is 6.18 Å². The van der Waals surface area contributed by atoms with Gasteiger partial charge in [0.25, 0.3) is 10.0 Å². The summed E-state index contributed by atoms with van der Waals surface area (Å²) in [6.45, 7) is -1.75. The van der Waals surface area contributed by atoms with Gasteiger partial charge in [0.2, 0.25) is 5.03 Å². The minimum Gasteiger partial charge on any atom is -0.291 e. The van der Waals surface area contributed by atoms with Gasteiger partial charge in [-0.3, -0.25) is 9.78 Å². The number of rotatable bonds is 8. The number of ketones is 1. The Balaban J connectivity index is 1.32. The summed E-state index contributed by atoms with van der Waals surface area (Å²) >= 11 is 0. The van der Waals surface area contributed by atoms with Crippen molar-refractivity contribution in [1.82, 2.24) is 34.1 Å². The first-order valence-corrected chi connectivity index (χ1v) is 16.3. The van der Waals surface area contributed by atoms with E-state index in [-0.39, 0.29) is 31.4 Å². The van der Waals surface area contributed by atoms with Gasteiger partial charge < -0.3 is 0 Å². The van der Waals surface area contributed by atoms with E-state index in [9.17, 15) is 30.8 Å². The zero-order valence-electron chi connectivity index (χ0n) is 24.7. The molecule has 1 aromatic carbocycles. The monoisotopic (exact) mass is 655 g/mol. The lowest BCUT2D eigenvalue weighted by molar-refractivity contribution is -0.140. The fourth-order valence-electron chi connectivity index (χ4n) is 6.71. The van der Waals surface area contributed by atoms with Crippen LogP contribution >= 0.6 is 0 Å². The number of aromatic nitrogens is 6. The summed E-state index contributed by atoms with van der Waals surface area (Å²) in [7, 11) is -3.38. The molecule has 2 fully saturated rings. The number of sulfonamides is 1. The van der Waals surface area contributed by atoms with E-state index in [1.165, 1.54) is 19.2 Å². The molecule has 0 radical (unpaired) electrons. The van der Waals surface area contributed by atoms with Crippen LogP contribution in [0.4, 0.5) is 17.6 Å². The van der Waals surface area contributed by atoms with Crippen LogP contribution in [0.3, 0.4) is 0 Å². The minimum atomic E-state index is -4.86. The number of alkyl halides is 3. The van der Waals surface area contributed by atoms with Crippen molar-refractivity contribution >= 4 is 21.9 Å². The van der Waals surface area contributed by atoms with Gasteiger partial charge in [0.05, 0.1) is 29.2 Å². The van der Waals surface area contributed by atoms with Gasteiger partial charge in [-0.15, -0.1) is 5.10 Å². The Morgan fingerprint density at radius 2 is 1.80 bits per heavy atom. The molecule has 0 bridgehead atoms. The molecule has 4 aromatic rings. The molecule has 2 saturated carbocycles. The van der Waals surface area contributed by atoms with Crippen LogP contribution in [-0.4, -0.2) is 67.0 Å². The lowest BCUT2D eigenvalue weighted by atomic mass is 9.60. The Morgan fingerprint density at radius 1 is 1.04 bits per heavy atom. The smallest absolute Gasteiger partial charge is 0.291 e. The number of Topliss-reactive ketones (excluding diaryl/α,β-unsaturated/α-hetero) is 1. The van der Waals surface area contributed by atoms with Crippen LogP contribution in [0.1, 0.15) is 65.3 Å². The SMILES string of the molecule is Cn1ncc(S(=O)(=O)N(CC(F)(F)F)[C@H]2CCC3=Cc4c(cnn4-c4ccc(F)cc4)C[C@]3(C(=O)c3ccc(C4CC4)cn3)C2)n1. The molecule has 3 aromatic heterocycles. The molecule has 0 aliphatic heterocycles. The van der Waals surface area contributed by atoms with Crippen LogP contribution in [0.25, 0.3) is 11.8 Å². The first kappa shape index (κ1) is 30.4. The van der Waals surface area contributed by atoms with E-state index < -0.39 is 50.8 Å². The summed E-state index contributed by atoms with van der Waals surface area (Å²) in [5.41, 5.74) is 2.35. The third-order valence-corrected chi connectivity index (χ3v) is 10.9. The number of allylic oxidation sites excluding steroid dienone is 1. The highest BCUT2D eigenvalue weighted by molar-refractivity contribution is 7.89. The number of hydrogen-bond acceptors (Lipinski definition) is 7. The maximum Gasteiger partial charge on any atom is 0.402 e. The van der Waals surface area contributed by atoms with Crippen LogP contribution in [0.2, 0.25) is 0 Å². The maximum atomic E-state index is 14.6. The van der Waals surface area contributed by atoms with Crippen molar-refractivity contribution in [3.8, 4) is 5.69 Å². The van der Waals surface area contributed by atoms with Crippen LogP contribution in [0.15, 0.2) is 65.6 Å². The fourth-order valence-corrected chi connectivity index (χ4v) is 8.24. The molecule has 3 aliphatic carbocycles. The number of carbonyl (C=O) groups excluding carboxylic acids is 1. The Bertz CT molecular complexity index is 1950. The van der Waals surface area contributed by atoms with Crippen molar-refractivity contribution < 1.29 is 30.8 Å². The molecule has 0 spiro atoms. The second kappa shape index (κ2) is 10.9. The van der Waals surface area contributed by atoms with Crippen LogP contribution < -0.4 is 0 Å². The number of carbonyl (C=O) groups is 1. The van der Waals surface area contributed by atoms with Crippen molar-refractivity contribution in [2.24, 2.45) is 12.5 Å². The molecule has 0 unspecified atom stereocenters. The molecule has 10 nitrogen and oxygen atoms in total. The third-order valence-electron chi connectivity index (χ3n) is 9.10. The summed E-state index contributed by atoms with van der Waals surface area (Å²) in [5.74, 6) is -0.401. The average molecular weight is 656 g/mol. The molecule has 0 N–H and O–H groups in total. The predicted molar refractivity (Wildman–Crippen MR) is 157 cm³/mol. The Labute approximate surface area is 261 Å². The van der Waals surface area contributed by atoms with Gasteiger partial charge in [0.15, 0.2) is 5.78 Å². The fraction of sp³-hybridized carbons (Fsp3) is 0.387. The molecule has 240 valence electrons. The molecule has 3 aliphatic rings. The second-order valence-corrected chi connectivity index (χ2v) is 14.0. The molecule has 3 heterocycles. The Kier molecular flexibility index (Phi) is 7.23. The van der Waals surface area contributed by atoms with Gasteiger partial charge in [0.1, 0.15) is 18.1 Å². The summed E-state index contributed by atoms with van der Waals surface area (Å²) in [4.78, 5) is 20.0. The highest BCUT2D eigenvalue weighted by atomic mass is 32.2. The zero-order valence-corrected chi connectivity index (χ0v) is 25.5. The van der Waals surface area contributed by atoms with Crippen molar-refractivity contribution in [2.45, 2.75) is 61.7 Å². The molecule has 15 heteroatoms. The molecule has 46 heavy (non-hydrogen) atoms. The van der Waals surface area contributed by atoms with Crippen molar-refractivity contribution in [3.63, 3.8) is 0 Å².